The summed E-state index contributed by atoms with van der Waals surface area (Å²) in [7, 11) is 4.01. The Morgan fingerprint density at radius 1 is 1.26 bits per heavy atom. The Bertz CT molecular complexity index is 484. The molecule has 0 aromatic heterocycles. The van der Waals surface area contributed by atoms with Crippen LogP contribution in [0.1, 0.15) is 31.2 Å². The molecular weight excluding hydrogens is 290 g/mol. The molecule has 0 saturated heterocycles. The van der Waals surface area contributed by atoms with Crippen LogP contribution in [0.2, 0.25) is 0 Å². The lowest BCUT2D eigenvalue weighted by atomic mass is 9.99. The first-order chi connectivity index (χ1) is 11.0. The first kappa shape index (κ1) is 17.8. The standard InChI is InChI=1S/C18H29N3O2/c1-21(2)13-16(12-15-8-4-3-5-9-15)19-17(23)20-18(14-22)10-6-7-11-18/h3-5,8-9,16,22H,6-7,10-14H2,1-2H3,(H2,19,20,23). The molecule has 5 heteroatoms. The van der Waals surface area contributed by atoms with Crippen LogP contribution in [0.5, 0.6) is 0 Å². The van der Waals surface area contributed by atoms with Gasteiger partial charge < -0.3 is 20.6 Å². The van der Waals surface area contributed by atoms with Gasteiger partial charge in [-0.15, -0.1) is 0 Å². The summed E-state index contributed by atoms with van der Waals surface area (Å²) in [5, 5.41) is 15.7. The number of carbonyl (C=O) groups excluding carboxylic acids is 1. The molecular formula is C18H29N3O2. The van der Waals surface area contributed by atoms with E-state index >= 15 is 0 Å². The third-order valence-electron chi connectivity index (χ3n) is 4.49. The van der Waals surface area contributed by atoms with Crippen LogP contribution in [0, 0.1) is 0 Å². The van der Waals surface area contributed by atoms with Crippen LogP contribution in [0.25, 0.3) is 0 Å². The summed E-state index contributed by atoms with van der Waals surface area (Å²) in [6, 6.07) is 10.0. The van der Waals surface area contributed by atoms with Gasteiger partial charge in [0.15, 0.2) is 0 Å². The molecule has 1 aliphatic carbocycles. The SMILES string of the molecule is CN(C)CC(Cc1ccccc1)NC(=O)NC1(CO)CCCC1. The van der Waals surface area contributed by atoms with Crippen molar-refractivity contribution in [2.75, 3.05) is 27.2 Å². The fourth-order valence-electron chi connectivity index (χ4n) is 3.34. The van der Waals surface area contributed by atoms with E-state index in [4.69, 9.17) is 0 Å². The van der Waals surface area contributed by atoms with Crippen molar-refractivity contribution in [2.45, 2.75) is 43.7 Å². The number of aliphatic hydroxyl groups is 1. The van der Waals surface area contributed by atoms with Crippen LogP contribution in [0.4, 0.5) is 4.79 Å². The third-order valence-corrected chi connectivity index (χ3v) is 4.49. The van der Waals surface area contributed by atoms with Crippen LogP contribution in [0.15, 0.2) is 30.3 Å². The lowest BCUT2D eigenvalue weighted by molar-refractivity contribution is 0.160. The average Bonchev–Trinajstić information content (AvgIpc) is 2.96. The predicted molar refractivity (Wildman–Crippen MR) is 92.4 cm³/mol. The number of hydrogen-bond acceptors (Lipinski definition) is 3. The monoisotopic (exact) mass is 319 g/mol. The molecule has 0 radical (unpaired) electrons. The van der Waals surface area contributed by atoms with E-state index in [1.165, 1.54) is 5.56 Å². The van der Waals surface area contributed by atoms with E-state index in [-0.39, 0.29) is 18.7 Å². The fraction of sp³-hybridized carbons (Fsp3) is 0.611. The molecule has 1 aromatic rings. The number of urea groups is 1. The molecule has 0 spiro atoms. The number of rotatable bonds is 7. The number of likely N-dealkylation sites (N-methyl/N-ethyl adjacent to an activating group) is 1. The Kier molecular flexibility index (Phi) is 6.42. The van der Waals surface area contributed by atoms with Gasteiger partial charge in [-0.05, 0) is 38.9 Å². The average molecular weight is 319 g/mol. The minimum absolute atomic E-state index is 0.0114. The zero-order valence-electron chi connectivity index (χ0n) is 14.2. The summed E-state index contributed by atoms with van der Waals surface area (Å²) in [5.74, 6) is 0. The molecule has 5 nitrogen and oxygen atoms in total. The van der Waals surface area contributed by atoms with Crippen molar-refractivity contribution >= 4 is 6.03 Å². The molecule has 1 aromatic carbocycles. The van der Waals surface area contributed by atoms with Gasteiger partial charge in [-0.25, -0.2) is 4.79 Å². The van der Waals surface area contributed by atoms with Crippen LogP contribution in [-0.2, 0) is 6.42 Å². The van der Waals surface area contributed by atoms with Crippen molar-refractivity contribution < 1.29 is 9.90 Å². The molecule has 1 unspecified atom stereocenters. The highest BCUT2D eigenvalue weighted by atomic mass is 16.3. The summed E-state index contributed by atoms with van der Waals surface area (Å²) in [4.78, 5) is 14.5. The maximum absolute atomic E-state index is 12.4. The predicted octanol–water partition coefficient (Wildman–Crippen LogP) is 1.76. The Morgan fingerprint density at radius 2 is 1.91 bits per heavy atom. The van der Waals surface area contributed by atoms with Gasteiger partial charge in [0, 0.05) is 12.6 Å². The smallest absolute Gasteiger partial charge is 0.315 e. The van der Waals surface area contributed by atoms with Gasteiger partial charge in [0.25, 0.3) is 0 Å². The van der Waals surface area contributed by atoms with E-state index in [1.54, 1.807) is 0 Å². The number of carbonyl (C=O) groups is 1. The van der Waals surface area contributed by atoms with Crippen molar-refractivity contribution in [1.82, 2.24) is 15.5 Å². The topological polar surface area (TPSA) is 64.6 Å². The lowest BCUT2D eigenvalue weighted by Gasteiger charge is -2.30. The van der Waals surface area contributed by atoms with Gasteiger partial charge in [-0.1, -0.05) is 43.2 Å². The van der Waals surface area contributed by atoms with E-state index in [9.17, 15) is 9.90 Å². The number of amides is 2. The summed E-state index contributed by atoms with van der Waals surface area (Å²) in [6.45, 7) is 0.784. The van der Waals surface area contributed by atoms with Crippen LogP contribution < -0.4 is 10.6 Å². The summed E-state index contributed by atoms with van der Waals surface area (Å²) >= 11 is 0. The number of aliphatic hydroxyl groups excluding tert-OH is 1. The largest absolute Gasteiger partial charge is 0.394 e. The minimum atomic E-state index is -0.431. The maximum Gasteiger partial charge on any atom is 0.315 e. The summed E-state index contributed by atoms with van der Waals surface area (Å²) < 4.78 is 0. The zero-order chi connectivity index (χ0) is 16.7. The van der Waals surface area contributed by atoms with Gasteiger partial charge in [0.05, 0.1) is 12.1 Å². The minimum Gasteiger partial charge on any atom is -0.394 e. The molecule has 1 fully saturated rings. The molecule has 128 valence electrons. The molecule has 0 bridgehead atoms. The lowest BCUT2D eigenvalue weighted by Crippen LogP contribution is -2.56. The maximum atomic E-state index is 12.4. The van der Waals surface area contributed by atoms with Crippen molar-refractivity contribution in [1.29, 1.82) is 0 Å². The number of benzene rings is 1. The van der Waals surface area contributed by atoms with E-state index in [0.717, 1.165) is 38.6 Å². The highest BCUT2D eigenvalue weighted by Crippen LogP contribution is 2.28. The Labute approximate surface area is 139 Å². The van der Waals surface area contributed by atoms with Crippen molar-refractivity contribution in [2.24, 2.45) is 0 Å². The van der Waals surface area contributed by atoms with Crippen molar-refractivity contribution in [3.05, 3.63) is 35.9 Å². The first-order valence-electron chi connectivity index (χ1n) is 8.41. The Hall–Kier alpha value is -1.59. The molecule has 2 rings (SSSR count). The van der Waals surface area contributed by atoms with Crippen LogP contribution in [-0.4, -0.2) is 54.9 Å². The quantitative estimate of drug-likeness (QED) is 0.717. The molecule has 1 aliphatic rings. The van der Waals surface area contributed by atoms with Gasteiger partial charge in [-0.2, -0.15) is 0 Å². The van der Waals surface area contributed by atoms with Crippen LogP contribution >= 0.6 is 0 Å². The van der Waals surface area contributed by atoms with Crippen LogP contribution in [0.3, 0.4) is 0 Å². The fourth-order valence-corrected chi connectivity index (χ4v) is 3.34. The molecule has 1 saturated carbocycles. The third kappa shape index (κ3) is 5.52. The molecule has 0 aliphatic heterocycles. The summed E-state index contributed by atoms with van der Waals surface area (Å²) in [5.41, 5.74) is 0.775. The highest BCUT2D eigenvalue weighted by molar-refractivity contribution is 5.75. The number of hydrogen-bond donors (Lipinski definition) is 3. The van der Waals surface area contributed by atoms with Gasteiger partial charge in [0.1, 0.15) is 0 Å². The van der Waals surface area contributed by atoms with E-state index in [2.05, 4.69) is 27.7 Å². The van der Waals surface area contributed by atoms with Crippen molar-refractivity contribution in [3.63, 3.8) is 0 Å². The number of nitrogens with zero attached hydrogens (tertiary/aromatic N) is 1. The number of nitrogens with one attached hydrogen (secondary N) is 2. The second kappa shape index (κ2) is 8.31. The molecule has 1 atom stereocenters. The molecule has 23 heavy (non-hydrogen) atoms. The van der Waals surface area contributed by atoms with Crippen molar-refractivity contribution in [3.8, 4) is 0 Å². The zero-order valence-corrected chi connectivity index (χ0v) is 14.2. The normalized spacial score (nSPS) is 17.9. The molecule has 0 heterocycles. The van der Waals surface area contributed by atoms with Gasteiger partial charge >= 0.3 is 6.03 Å². The van der Waals surface area contributed by atoms with Gasteiger partial charge in [0.2, 0.25) is 0 Å². The van der Waals surface area contributed by atoms with E-state index in [0.29, 0.717) is 0 Å². The highest BCUT2D eigenvalue weighted by Gasteiger charge is 2.35. The van der Waals surface area contributed by atoms with E-state index in [1.807, 2.05) is 32.3 Å². The van der Waals surface area contributed by atoms with Gasteiger partial charge in [-0.3, -0.25) is 0 Å². The summed E-state index contributed by atoms with van der Waals surface area (Å²) in [6.07, 6.45) is 4.62. The second-order valence-corrected chi connectivity index (χ2v) is 6.89. The Morgan fingerprint density at radius 3 is 2.48 bits per heavy atom. The molecule has 3 N–H and O–H groups in total. The Balaban J connectivity index is 1.95. The second-order valence-electron chi connectivity index (χ2n) is 6.89. The first-order valence-corrected chi connectivity index (χ1v) is 8.41. The van der Waals surface area contributed by atoms with E-state index < -0.39 is 5.54 Å². The molecule has 2 amide bonds.